The van der Waals surface area contributed by atoms with Crippen LogP contribution in [0.25, 0.3) is 0 Å². The van der Waals surface area contributed by atoms with Crippen molar-refractivity contribution in [2.45, 2.75) is 39.2 Å². The van der Waals surface area contributed by atoms with Gasteiger partial charge in [0.15, 0.2) is 0 Å². The summed E-state index contributed by atoms with van der Waals surface area (Å²) in [5, 5.41) is 9.11. The summed E-state index contributed by atoms with van der Waals surface area (Å²) in [5.41, 5.74) is 0. The highest BCUT2D eigenvalue weighted by Crippen LogP contribution is 2.22. The maximum absolute atomic E-state index is 11.1. The number of carboxylic acid groups (broad SMARTS) is 1. The normalized spacial score (nSPS) is 26.8. The lowest BCUT2D eigenvalue weighted by Gasteiger charge is -2.35. The van der Waals surface area contributed by atoms with Gasteiger partial charge in [-0.2, -0.15) is 0 Å². The molecule has 84 valence electrons. The Morgan fingerprint density at radius 2 is 2.33 bits per heavy atom. The van der Waals surface area contributed by atoms with Gasteiger partial charge in [-0.1, -0.05) is 6.92 Å². The lowest BCUT2D eigenvalue weighted by Crippen LogP contribution is -2.47. The number of nitrogens with zero attached hydrogens (tertiary/aromatic N) is 1. The molecule has 2 unspecified atom stereocenters. The molecule has 15 heavy (non-hydrogen) atoms. The number of likely N-dealkylation sites (tertiary alicyclic amines) is 1. The Morgan fingerprint density at radius 1 is 1.60 bits per heavy atom. The molecule has 1 heterocycles. The van der Waals surface area contributed by atoms with Crippen molar-refractivity contribution in [3.63, 3.8) is 0 Å². The van der Waals surface area contributed by atoms with E-state index < -0.39 is 5.97 Å². The number of piperidine rings is 1. The van der Waals surface area contributed by atoms with E-state index in [1.165, 1.54) is 0 Å². The summed E-state index contributed by atoms with van der Waals surface area (Å²) >= 11 is 0. The molecular weight excluding hydrogens is 190 g/mol. The second kappa shape index (κ2) is 5.77. The Morgan fingerprint density at radius 3 is 2.93 bits per heavy atom. The molecule has 0 bridgehead atoms. The Balaban J connectivity index is 2.51. The second-order valence-corrected chi connectivity index (χ2v) is 4.20. The van der Waals surface area contributed by atoms with Gasteiger partial charge in [0.25, 0.3) is 0 Å². The predicted molar refractivity (Wildman–Crippen MR) is 59.5 cm³/mol. The monoisotopic (exact) mass is 209 g/mol. The molecule has 1 fully saturated rings. The van der Waals surface area contributed by atoms with Crippen molar-refractivity contribution < 1.29 is 9.90 Å². The largest absolute Gasteiger partial charge is 0.480 e. The second-order valence-electron chi connectivity index (χ2n) is 4.20. The summed E-state index contributed by atoms with van der Waals surface area (Å²) in [6, 6.07) is -0.299. The van der Waals surface area contributed by atoms with E-state index in [0.717, 1.165) is 32.4 Å². The molecule has 0 aromatic heterocycles. The minimum atomic E-state index is -0.689. The minimum Gasteiger partial charge on any atom is -0.480 e. The molecule has 0 aliphatic carbocycles. The predicted octanol–water partition coefficient (Wildman–Crippen LogP) is 1.58. The maximum Gasteiger partial charge on any atom is 0.320 e. The van der Waals surface area contributed by atoms with Gasteiger partial charge in [-0.05, 0) is 32.2 Å². The van der Waals surface area contributed by atoms with E-state index in [4.69, 9.17) is 5.11 Å². The lowest BCUT2D eigenvalue weighted by atomic mass is 9.92. The van der Waals surface area contributed by atoms with E-state index in [9.17, 15) is 4.79 Å². The standard InChI is InChI=1S/C12H19NO2/c1-3-4-5-7-13-8-6-10(2)9-11(13)12(14)15/h10-11H,5-9H2,1-2H3,(H,14,15). The van der Waals surface area contributed by atoms with Gasteiger partial charge in [0, 0.05) is 13.0 Å². The van der Waals surface area contributed by atoms with Gasteiger partial charge < -0.3 is 5.11 Å². The van der Waals surface area contributed by atoms with Crippen molar-refractivity contribution in [3.05, 3.63) is 0 Å². The molecule has 3 heteroatoms. The smallest absolute Gasteiger partial charge is 0.320 e. The zero-order valence-electron chi connectivity index (χ0n) is 9.49. The fourth-order valence-corrected chi connectivity index (χ4v) is 2.04. The van der Waals surface area contributed by atoms with Crippen LogP contribution >= 0.6 is 0 Å². The summed E-state index contributed by atoms with van der Waals surface area (Å²) in [7, 11) is 0. The average molecular weight is 209 g/mol. The number of hydrogen-bond acceptors (Lipinski definition) is 2. The fraction of sp³-hybridized carbons (Fsp3) is 0.750. The molecule has 3 nitrogen and oxygen atoms in total. The van der Waals surface area contributed by atoms with Crippen molar-refractivity contribution in [1.29, 1.82) is 0 Å². The van der Waals surface area contributed by atoms with Crippen LogP contribution in [0.2, 0.25) is 0 Å². The molecule has 0 radical (unpaired) electrons. The topological polar surface area (TPSA) is 40.5 Å². The van der Waals surface area contributed by atoms with Crippen molar-refractivity contribution in [2.75, 3.05) is 13.1 Å². The Bertz CT molecular complexity index is 277. The summed E-state index contributed by atoms with van der Waals surface area (Å²) < 4.78 is 0. The molecule has 0 amide bonds. The minimum absolute atomic E-state index is 0.299. The molecule has 1 aliphatic heterocycles. The molecule has 1 rings (SSSR count). The van der Waals surface area contributed by atoms with Crippen LogP contribution in [0.3, 0.4) is 0 Å². The zero-order chi connectivity index (χ0) is 11.3. The summed E-state index contributed by atoms with van der Waals surface area (Å²) in [4.78, 5) is 13.1. The third-order valence-corrected chi connectivity index (χ3v) is 2.96. The maximum atomic E-state index is 11.1. The number of rotatable bonds is 3. The van der Waals surface area contributed by atoms with E-state index in [2.05, 4.69) is 18.8 Å². The number of carbonyl (C=O) groups is 1. The first-order valence-corrected chi connectivity index (χ1v) is 5.51. The van der Waals surface area contributed by atoms with Gasteiger partial charge in [0.1, 0.15) is 6.04 Å². The first-order chi connectivity index (χ1) is 7.15. The van der Waals surface area contributed by atoms with E-state index >= 15 is 0 Å². The van der Waals surface area contributed by atoms with Crippen molar-refractivity contribution in [2.24, 2.45) is 5.92 Å². The first kappa shape index (κ1) is 12.1. The lowest BCUT2D eigenvalue weighted by molar-refractivity contribution is -0.145. The first-order valence-electron chi connectivity index (χ1n) is 5.51. The van der Waals surface area contributed by atoms with Gasteiger partial charge in [0.2, 0.25) is 0 Å². The van der Waals surface area contributed by atoms with Crippen LogP contribution in [0.15, 0.2) is 0 Å². The number of hydrogen-bond donors (Lipinski definition) is 1. The van der Waals surface area contributed by atoms with E-state index in [0.29, 0.717) is 5.92 Å². The van der Waals surface area contributed by atoms with Crippen LogP contribution in [-0.2, 0) is 4.79 Å². The Kier molecular flexibility index (Phi) is 4.64. The van der Waals surface area contributed by atoms with Crippen LogP contribution in [0.1, 0.15) is 33.1 Å². The SMILES string of the molecule is CC#CCCN1CCC(C)CC1C(=O)O. The van der Waals surface area contributed by atoms with Gasteiger partial charge in [-0.15, -0.1) is 11.8 Å². The van der Waals surface area contributed by atoms with E-state index in [-0.39, 0.29) is 6.04 Å². The highest BCUT2D eigenvalue weighted by molar-refractivity contribution is 5.73. The van der Waals surface area contributed by atoms with Gasteiger partial charge in [0.05, 0.1) is 0 Å². The summed E-state index contributed by atoms with van der Waals surface area (Å²) in [5.74, 6) is 5.66. The third-order valence-electron chi connectivity index (χ3n) is 2.96. The number of aliphatic carboxylic acids is 1. The molecule has 2 atom stereocenters. The van der Waals surface area contributed by atoms with Gasteiger partial charge in [-0.25, -0.2) is 0 Å². The number of carboxylic acids is 1. The van der Waals surface area contributed by atoms with Crippen LogP contribution in [0, 0.1) is 17.8 Å². The molecule has 0 spiro atoms. The third kappa shape index (κ3) is 3.56. The zero-order valence-corrected chi connectivity index (χ0v) is 9.49. The summed E-state index contributed by atoms with van der Waals surface area (Å²) in [6.45, 7) is 5.61. The van der Waals surface area contributed by atoms with Crippen LogP contribution < -0.4 is 0 Å². The quantitative estimate of drug-likeness (QED) is 0.717. The molecule has 1 N–H and O–H groups in total. The summed E-state index contributed by atoms with van der Waals surface area (Å²) in [6.07, 6.45) is 2.65. The highest BCUT2D eigenvalue weighted by Gasteiger charge is 2.30. The molecule has 0 aromatic rings. The van der Waals surface area contributed by atoms with Crippen molar-refractivity contribution >= 4 is 5.97 Å². The molecule has 0 aromatic carbocycles. The van der Waals surface area contributed by atoms with E-state index in [1.807, 2.05) is 11.8 Å². The van der Waals surface area contributed by atoms with Crippen molar-refractivity contribution in [3.8, 4) is 11.8 Å². The molecule has 1 saturated heterocycles. The average Bonchev–Trinajstić information content (AvgIpc) is 2.20. The van der Waals surface area contributed by atoms with Crippen LogP contribution in [-0.4, -0.2) is 35.1 Å². The fourth-order valence-electron chi connectivity index (χ4n) is 2.04. The molecule has 0 saturated carbocycles. The van der Waals surface area contributed by atoms with Crippen molar-refractivity contribution in [1.82, 2.24) is 4.90 Å². The van der Waals surface area contributed by atoms with Crippen LogP contribution in [0.5, 0.6) is 0 Å². The highest BCUT2D eigenvalue weighted by atomic mass is 16.4. The molecule has 1 aliphatic rings. The Hall–Kier alpha value is -1.01. The van der Waals surface area contributed by atoms with Gasteiger partial charge >= 0.3 is 5.97 Å². The van der Waals surface area contributed by atoms with Gasteiger partial charge in [-0.3, -0.25) is 9.69 Å². The molecular formula is C12H19NO2. The van der Waals surface area contributed by atoms with E-state index in [1.54, 1.807) is 0 Å². The Labute approximate surface area is 91.5 Å². The van der Waals surface area contributed by atoms with Crippen LogP contribution in [0.4, 0.5) is 0 Å².